The molecule has 2 atom stereocenters. The Hall–Kier alpha value is -2.72. The molecule has 1 aliphatic carbocycles. The summed E-state index contributed by atoms with van der Waals surface area (Å²) >= 11 is 0. The van der Waals surface area contributed by atoms with Crippen molar-refractivity contribution in [3.63, 3.8) is 0 Å². The predicted molar refractivity (Wildman–Crippen MR) is 112 cm³/mol. The van der Waals surface area contributed by atoms with Crippen LogP contribution in [-0.2, 0) is 20.9 Å². The van der Waals surface area contributed by atoms with Crippen molar-refractivity contribution < 1.29 is 27.9 Å². The lowest BCUT2D eigenvalue weighted by molar-refractivity contribution is -0.123. The molecule has 1 saturated heterocycles. The molecule has 11 heteroatoms. The van der Waals surface area contributed by atoms with E-state index >= 15 is 0 Å². The second-order valence-electron chi connectivity index (χ2n) is 9.53. The molecule has 1 aliphatic heterocycles. The minimum atomic E-state index is -2.75. The van der Waals surface area contributed by atoms with Crippen molar-refractivity contribution in [1.82, 2.24) is 20.4 Å². The van der Waals surface area contributed by atoms with Gasteiger partial charge >= 0.3 is 6.09 Å². The van der Waals surface area contributed by atoms with E-state index < -0.39 is 35.5 Å². The summed E-state index contributed by atoms with van der Waals surface area (Å²) in [6.07, 6.45) is 2.53. The third-order valence-electron chi connectivity index (χ3n) is 5.66. The molecule has 1 saturated carbocycles. The van der Waals surface area contributed by atoms with Crippen molar-refractivity contribution in [2.45, 2.75) is 77.0 Å². The van der Waals surface area contributed by atoms with Gasteiger partial charge in [0.15, 0.2) is 0 Å². The molecule has 1 unspecified atom stereocenters. The number of alkyl halides is 2. The number of halogens is 2. The Morgan fingerprint density at radius 3 is 2.59 bits per heavy atom. The summed E-state index contributed by atoms with van der Waals surface area (Å²) in [5.41, 5.74) is -0.371. The third-order valence-corrected chi connectivity index (χ3v) is 5.66. The summed E-state index contributed by atoms with van der Waals surface area (Å²) in [7, 11) is 0. The van der Waals surface area contributed by atoms with Gasteiger partial charge in [-0.25, -0.2) is 13.6 Å². The van der Waals surface area contributed by atoms with Crippen LogP contribution in [0.25, 0.3) is 0 Å². The number of hydrogen-bond donors (Lipinski definition) is 3. The maximum atomic E-state index is 13.6. The van der Waals surface area contributed by atoms with Crippen molar-refractivity contribution in [3.8, 4) is 0 Å². The van der Waals surface area contributed by atoms with Gasteiger partial charge in [-0.2, -0.15) is 5.10 Å². The van der Waals surface area contributed by atoms with E-state index in [0.717, 1.165) is 0 Å². The number of anilines is 1. The van der Waals surface area contributed by atoms with E-state index in [-0.39, 0.29) is 37.5 Å². The molecule has 0 aromatic carbocycles. The predicted octanol–water partition coefficient (Wildman–Crippen LogP) is 2.68. The Balaban J connectivity index is 1.66. The van der Waals surface area contributed by atoms with Crippen LogP contribution in [0, 0.1) is 11.8 Å². The lowest BCUT2D eigenvalue weighted by Crippen LogP contribution is -2.51. The monoisotopic (exact) mass is 455 g/mol. The number of carbonyl (C=O) groups excluding carboxylic acids is 3. The number of alkyl carbamates (subject to hydrolysis) is 1. The Bertz CT molecular complexity index is 841. The molecule has 1 aromatic rings. The first-order valence-corrected chi connectivity index (χ1v) is 10.9. The molecular weight excluding hydrogens is 424 g/mol. The van der Waals surface area contributed by atoms with Gasteiger partial charge in [0, 0.05) is 25.6 Å². The van der Waals surface area contributed by atoms with E-state index in [1.807, 2.05) is 0 Å². The first-order chi connectivity index (χ1) is 14.9. The van der Waals surface area contributed by atoms with Gasteiger partial charge < -0.3 is 20.7 Å². The molecule has 32 heavy (non-hydrogen) atoms. The normalized spacial score (nSPS) is 22.2. The van der Waals surface area contributed by atoms with E-state index in [0.29, 0.717) is 25.2 Å². The van der Waals surface area contributed by atoms with Gasteiger partial charge in [-0.1, -0.05) is 0 Å². The number of ether oxygens (including phenoxy) is 1. The van der Waals surface area contributed by atoms with Gasteiger partial charge in [-0.05, 0) is 46.0 Å². The molecule has 3 amide bonds. The van der Waals surface area contributed by atoms with E-state index in [1.54, 1.807) is 31.6 Å². The van der Waals surface area contributed by atoms with Crippen LogP contribution in [0.3, 0.4) is 0 Å². The van der Waals surface area contributed by atoms with Gasteiger partial charge in [-0.3, -0.25) is 14.3 Å². The Morgan fingerprint density at radius 1 is 1.31 bits per heavy atom. The second kappa shape index (κ2) is 9.41. The average Bonchev–Trinajstić information content (AvgIpc) is 3.28. The van der Waals surface area contributed by atoms with Gasteiger partial charge in [0.2, 0.25) is 17.7 Å². The SMILES string of the molecule is CC(C)(C)OC(=O)N[C@H](C(=O)Nc1cnn(CC2CCNC2=O)c1)C1CCC(F)(F)CC1. The number of rotatable bonds is 6. The quantitative estimate of drug-likeness (QED) is 0.610. The Morgan fingerprint density at radius 2 is 2.00 bits per heavy atom. The molecule has 1 aromatic heterocycles. The molecule has 3 rings (SSSR count). The highest BCUT2D eigenvalue weighted by atomic mass is 19.3. The molecule has 178 valence electrons. The zero-order valence-electron chi connectivity index (χ0n) is 18.6. The number of hydrogen-bond acceptors (Lipinski definition) is 5. The van der Waals surface area contributed by atoms with Crippen molar-refractivity contribution >= 4 is 23.6 Å². The van der Waals surface area contributed by atoms with Crippen molar-refractivity contribution in [3.05, 3.63) is 12.4 Å². The molecule has 2 aliphatic rings. The molecule has 0 radical (unpaired) electrons. The largest absolute Gasteiger partial charge is 0.444 e. The highest BCUT2D eigenvalue weighted by molar-refractivity contribution is 5.96. The van der Waals surface area contributed by atoms with Crippen LogP contribution >= 0.6 is 0 Å². The lowest BCUT2D eigenvalue weighted by atomic mass is 9.81. The summed E-state index contributed by atoms with van der Waals surface area (Å²) in [4.78, 5) is 37.1. The van der Waals surface area contributed by atoms with Crippen LogP contribution in [0.4, 0.5) is 19.3 Å². The van der Waals surface area contributed by atoms with Crippen LogP contribution in [0.2, 0.25) is 0 Å². The molecule has 9 nitrogen and oxygen atoms in total. The zero-order chi connectivity index (χ0) is 23.5. The van der Waals surface area contributed by atoms with Crippen molar-refractivity contribution in [2.75, 3.05) is 11.9 Å². The van der Waals surface area contributed by atoms with E-state index in [4.69, 9.17) is 4.74 Å². The van der Waals surface area contributed by atoms with Gasteiger partial charge in [0.25, 0.3) is 0 Å². The zero-order valence-corrected chi connectivity index (χ0v) is 18.6. The second-order valence-corrected chi connectivity index (χ2v) is 9.53. The molecular formula is C21H31F2N5O4. The standard InChI is InChI=1S/C21H31F2N5O4/c1-20(2,3)32-19(31)27-16(13-4-7-21(22,23)8-5-13)18(30)26-15-10-25-28(12-15)11-14-6-9-24-17(14)29/h10,12-14,16H,4-9,11H2,1-3H3,(H,24,29)(H,26,30)(H,27,31)/t14?,16-/m0/s1. The smallest absolute Gasteiger partial charge is 0.408 e. The van der Waals surface area contributed by atoms with Crippen LogP contribution < -0.4 is 16.0 Å². The summed E-state index contributed by atoms with van der Waals surface area (Å²) in [5.74, 6) is -3.92. The minimum Gasteiger partial charge on any atom is -0.444 e. The van der Waals surface area contributed by atoms with Crippen LogP contribution in [0.1, 0.15) is 52.9 Å². The fraction of sp³-hybridized carbons (Fsp3) is 0.714. The molecule has 3 N–H and O–H groups in total. The van der Waals surface area contributed by atoms with Crippen LogP contribution in [0.5, 0.6) is 0 Å². The third kappa shape index (κ3) is 6.64. The fourth-order valence-electron chi connectivity index (χ4n) is 4.02. The van der Waals surface area contributed by atoms with Gasteiger partial charge in [0.1, 0.15) is 11.6 Å². The fourth-order valence-corrected chi connectivity index (χ4v) is 4.02. The summed E-state index contributed by atoms with van der Waals surface area (Å²) in [5, 5.41) is 12.2. The Labute approximate surface area is 185 Å². The highest BCUT2D eigenvalue weighted by Crippen LogP contribution is 2.37. The first-order valence-electron chi connectivity index (χ1n) is 10.9. The number of amides is 3. The van der Waals surface area contributed by atoms with Crippen molar-refractivity contribution in [1.29, 1.82) is 0 Å². The van der Waals surface area contributed by atoms with E-state index in [2.05, 4.69) is 21.0 Å². The highest BCUT2D eigenvalue weighted by Gasteiger charge is 2.41. The van der Waals surface area contributed by atoms with E-state index in [1.165, 1.54) is 6.20 Å². The number of nitrogens with zero attached hydrogens (tertiary/aromatic N) is 2. The summed E-state index contributed by atoms with van der Waals surface area (Å²) < 4.78 is 34.1. The maximum Gasteiger partial charge on any atom is 0.408 e. The van der Waals surface area contributed by atoms with Gasteiger partial charge in [-0.15, -0.1) is 0 Å². The average molecular weight is 456 g/mol. The maximum absolute atomic E-state index is 13.6. The van der Waals surface area contributed by atoms with Crippen LogP contribution in [-0.4, -0.2) is 51.8 Å². The summed E-state index contributed by atoms with van der Waals surface area (Å²) in [6.45, 7) is 6.11. The van der Waals surface area contributed by atoms with Crippen molar-refractivity contribution in [2.24, 2.45) is 11.8 Å². The number of carbonyl (C=O) groups is 3. The van der Waals surface area contributed by atoms with E-state index in [9.17, 15) is 23.2 Å². The van der Waals surface area contributed by atoms with Gasteiger partial charge in [0.05, 0.1) is 24.3 Å². The first kappa shape index (κ1) is 23.9. The summed E-state index contributed by atoms with van der Waals surface area (Å²) in [6, 6.07) is -1.02. The van der Waals surface area contributed by atoms with Crippen LogP contribution in [0.15, 0.2) is 12.4 Å². The lowest BCUT2D eigenvalue weighted by Gasteiger charge is -2.33. The number of aromatic nitrogens is 2. The Kier molecular flexibility index (Phi) is 7.04. The molecule has 0 bridgehead atoms. The molecule has 0 spiro atoms. The number of nitrogens with one attached hydrogen (secondary N) is 3. The minimum absolute atomic E-state index is 0.0261. The molecule has 2 fully saturated rings. The molecule has 2 heterocycles. The topological polar surface area (TPSA) is 114 Å².